The highest BCUT2D eigenvalue weighted by molar-refractivity contribution is 5.79. The van der Waals surface area contributed by atoms with E-state index in [9.17, 15) is 10.1 Å². The molecule has 0 aliphatic heterocycles. The average molecular weight is 356 g/mol. The highest BCUT2D eigenvalue weighted by Crippen LogP contribution is 2.20. The first-order chi connectivity index (χ1) is 12.5. The van der Waals surface area contributed by atoms with Crippen LogP contribution >= 0.6 is 0 Å². The molecule has 0 bridgehead atoms. The van der Waals surface area contributed by atoms with Crippen LogP contribution < -0.4 is 15.4 Å². The van der Waals surface area contributed by atoms with Gasteiger partial charge in [-0.1, -0.05) is 24.3 Å². The molecule has 0 aliphatic rings. The number of nitro benzene ring substituents is 1. The Hall–Kier alpha value is -3.09. The van der Waals surface area contributed by atoms with Crippen LogP contribution in [0.1, 0.15) is 23.6 Å². The van der Waals surface area contributed by atoms with E-state index >= 15 is 0 Å². The lowest BCUT2D eigenvalue weighted by Crippen LogP contribution is -2.36. The minimum Gasteiger partial charge on any atom is -0.494 e. The third kappa shape index (κ3) is 5.47. The number of non-ortho nitro benzene ring substituents is 1. The number of aliphatic imine (C=N–C) groups is 1. The molecule has 0 fully saturated rings. The molecule has 0 saturated carbocycles. The van der Waals surface area contributed by atoms with Crippen molar-refractivity contribution in [3.05, 3.63) is 69.3 Å². The van der Waals surface area contributed by atoms with E-state index < -0.39 is 4.92 Å². The van der Waals surface area contributed by atoms with Crippen LogP contribution in [-0.4, -0.2) is 24.5 Å². The van der Waals surface area contributed by atoms with E-state index in [4.69, 9.17) is 4.74 Å². The normalized spacial score (nSPS) is 11.1. The van der Waals surface area contributed by atoms with E-state index in [-0.39, 0.29) is 5.69 Å². The second kappa shape index (κ2) is 9.41. The van der Waals surface area contributed by atoms with Gasteiger partial charge in [-0.05, 0) is 31.0 Å². The minimum absolute atomic E-state index is 0.0771. The van der Waals surface area contributed by atoms with Crippen molar-refractivity contribution in [2.24, 2.45) is 4.99 Å². The Morgan fingerprint density at radius 2 is 1.96 bits per heavy atom. The molecule has 26 heavy (non-hydrogen) atoms. The molecular weight excluding hydrogens is 332 g/mol. The fourth-order valence-electron chi connectivity index (χ4n) is 2.46. The first kappa shape index (κ1) is 19.2. The van der Waals surface area contributed by atoms with Crippen molar-refractivity contribution in [3.8, 4) is 5.75 Å². The monoisotopic (exact) mass is 356 g/mol. The molecule has 0 aliphatic carbocycles. The Morgan fingerprint density at radius 3 is 2.65 bits per heavy atom. The summed E-state index contributed by atoms with van der Waals surface area (Å²) in [5.41, 5.74) is 3.07. The molecule has 0 aromatic heterocycles. The number of nitro groups is 1. The smallest absolute Gasteiger partial charge is 0.269 e. The van der Waals surface area contributed by atoms with Crippen molar-refractivity contribution in [2.45, 2.75) is 26.9 Å². The summed E-state index contributed by atoms with van der Waals surface area (Å²) >= 11 is 0. The lowest BCUT2D eigenvalue weighted by atomic mass is 10.1. The maximum Gasteiger partial charge on any atom is 0.269 e. The van der Waals surface area contributed by atoms with Crippen LogP contribution in [0.3, 0.4) is 0 Å². The molecule has 2 rings (SSSR count). The molecule has 0 amide bonds. The van der Waals surface area contributed by atoms with Gasteiger partial charge in [0.25, 0.3) is 5.69 Å². The van der Waals surface area contributed by atoms with Crippen molar-refractivity contribution >= 4 is 11.6 Å². The van der Waals surface area contributed by atoms with Crippen LogP contribution in [0.5, 0.6) is 5.75 Å². The summed E-state index contributed by atoms with van der Waals surface area (Å²) in [5, 5.41) is 17.3. The zero-order valence-electron chi connectivity index (χ0n) is 15.3. The Labute approximate surface area is 153 Å². The van der Waals surface area contributed by atoms with Crippen LogP contribution in [0.2, 0.25) is 0 Å². The van der Waals surface area contributed by atoms with Gasteiger partial charge in [0.1, 0.15) is 5.75 Å². The van der Waals surface area contributed by atoms with Gasteiger partial charge in [-0.25, -0.2) is 0 Å². The molecule has 7 nitrogen and oxygen atoms in total. The summed E-state index contributed by atoms with van der Waals surface area (Å²) in [6.07, 6.45) is 0. The van der Waals surface area contributed by atoms with Gasteiger partial charge < -0.3 is 15.4 Å². The Morgan fingerprint density at radius 1 is 1.19 bits per heavy atom. The van der Waals surface area contributed by atoms with Gasteiger partial charge in [-0.3, -0.25) is 15.1 Å². The summed E-state index contributed by atoms with van der Waals surface area (Å²) in [4.78, 5) is 14.6. The SMILES string of the molecule is CCOc1cc(C)ccc1CNC(=NC)NCc1cccc([N+](=O)[O-])c1. The summed E-state index contributed by atoms with van der Waals surface area (Å²) in [5.74, 6) is 1.47. The number of hydrogen-bond acceptors (Lipinski definition) is 4. The number of benzene rings is 2. The molecule has 0 atom stereocenters. The fraction of sp³-hybridized carbons (Fsp3) is 0.316. The van der Waals surface area contributed by atoms with E-state index in [2.05, 4.69) is 15.6 Å². The molecule has 0 heterocycles. The number of hydrogen-bond donors (Lipinski definition) is 2. The third-order valence-electron chi connectivity index (χ3n) is 3.77. The molecule has 0 spiro atoms. The topological polar surface area (TPSA) is 88.8 Å². The molecule has 0 unspecified atom stereocenters. The van der Waals surface area contributed by atoms with Crippen molar-refractivity contribution in [3.63, 3.8) is 0 Å². The molecule has 7 heteroatoms. The molecule has 0 saturated heterocycles. The minimum atomic E-state index is -0.400. The quantitative estimate of drug-likeness (QED) is 0.344. The zero-order valence-corrected chi connectivity index (χ0v) is 15.3. The lowest BCUT2D eigenvalue weighted by molar-refractivity contribution is -0.384. The van der Waals surface area contributed by atoms with Crippen LogP contribution in [0, 0.1) is 17.0 Å². The van der Waals surface area contributed by atoms with Crippen molar-refractivity contribution in [1.82, 2.24) is 10.6 Å². The Balaban J connectivity index is 1.96. The number of nitrogens with one attached hydrogen (secondary N) is 2. The Bertz CT molecular complexity index is 790. The second-order valence-electron chi connectivity index (χ2n) is 5.75. The maximum atomic E-state index is 10.9. The first-order valence-corrected chi connectivity index (χ1v) is 8.43. The van der Waals surface area contributed by atoms with Gasteiger partial charge in [-0.2, -0.15) is 0 Å². The third-order valence-corrected chi connectivity index (χ3v) is 3.77. The number of ether oxygens (including phenoxy) is 1. The maximum absolute atomic E-state index is 10.9. The van der Waals surface area contributed by atoms with Crippen molar-refractivity contribution in [2.75, 3.05) is 13.7 Å². The van der Waals surface area contributed by atoms with Gasteiger partial charge >= 0.3 is 0 Å². The van der Waals surface area contributed by atoms with Gasteiger partial charge in [-0.15, -0.1) is 0 Å². The molecule has 138 valence electrons. The molecule has 2 N–H and O–H groups in total. The van der Waals surface area contributed by atoms with Gasteiger partial charge in [0.2, 0.25) is 0 Å². The predicted octanol–water partition coefficient (Wildman–Crippen LogP) is 3.17. The number of rotatable bonds is 7. The summed E-state index contributed by atoms with van der Waals surface area (Å²) < 4.78 is 5.68. The molecule has 2 aromatic rings. The summed E-state index contributed by atoms with van der Waals surface area (Å²) in [6.45, 7) is 5.59. The van der Waals surface area contributed by atoms with E-state index in [1.165, 1.54) is 6.07 Å². The lowest BCUT2D eigenvalue weighted by Gasteiger charge is -2.15. The second-order valence-corrected chi connectivity index (χ2v) is 5.75. The van der Waals surface area contributed by atoms with Gasteiger partial charge in [0.05, 0.1) is 11.5 Å². The van der Waals surface area contributed by atoms with Crippen molar-refractivity contribution < 1.29 is 9.66 Å². The predicted molar refractivity (Wildman–Crippen MR) is 102 cm³/mol. The molecular formula is C19H24N4O3. The molecule has 2 aromatic carbocycles. The van der Waals surface area contributed by atoms with Gasteiger partial charge in [0.15, 0.2) is 5.96 Å². The van der Waals surface area contributed by atoms with E-state index in [0.717, 1.165) is 22.4 Å². The fourth-order valence-corrected chi connectivity index (χ4v) is 2.46. The van der Waals surface area contributed by atoms with Crippen molar-refractivity contribution in [1.29, 1.82) is 0 Å². The van der Waals surface area contributed by atoms with E-state index in [1.807, 2.05) is 38.1 Å². The average Bonchev–Trinajstić information content (AvgIpc) is 2.63. The van der Waals surface area contributed by atoms with Crippen LogP contribution in [-0.2, 0) is 13.1 Å². The van der Waals surface area contributed by atoms with E-state index in [0.29, 0.717) is 25.7 Å². The standard InChI is InChI=1S/C19H24N4O3/c1-4-26-18-10-14(2)8-9-16(18)13-22-19(20-3)21-12-15-6-5-7-17(11-15)23(24)25/h5-11H,4,12-13H2,1-3H3,(H2,20,21,22). The summed E-state index contributed by atoms with van der Waals surface area (Å²) in [6, 6.07) is 12.6. The largest absolute Gasteiger partial charge is 0.494 e. The first-order valence-electron chi connectivity index (χ1n) is 8.43. The highest BCUT2D eigenvalue weighted by Gasteiger charge is 2.08. The number of nitrogens with zero attached hydrogens (tertiary/aromatic N) is 2. The molecule has 0 radical (unpaired) electrons. The highest BCUT2D eigenvalue weighted by atomic mass is 16.6. The number of aryl methyl sites for hydroxylation is 1. The zero-order chi connectivity index (χ0) is 18.9. The Kier molecular flexibility index (Phi) is 6.96. The number of guanidine groups is 1. The van der Waals surface area contributed by atoms with E-state index in [1.54, 1.807) is 19.2 Å². The van der Waals surface area contributed by atoms with Crippen LogP contribution in [0.25, 0.3) is 0 Å². The van der Waals surface area contributed by atoms with Gasteiger partial charge in [0, 0.05) is 37.8 Å². The van der Waals surface area contributed by atoms with Crippen LogP contribution in [0.4, 0.5) is 5.69 Å². The summed E-state index contributed by atoms with van der Waals surface area (Å²) in [7, 11) is 1.68. The van der Waals surface area contributed by atoms with Crippen LogP contribution in [0.15, 0.2) is 47.5 Å².